The summed E-state index contributed by atoms with van der Waals surface area (Å²) in [6.07, 6.45) is 4.64. The summed E-state index contributed by atoms with van der Waals surface area (Å²) >= 11 is 0. The van der Waals surface area contributed by atoms with Crippen LogP contribution in [0.5, 0.6) is 0 Å². The molecular formula is C18H23N3O3. The number of hydrogen-bond acceptors (Lipinski definition) is 3. The van der Waals surface area contributed by atoms with Crippen molar-refractivity contribution in [3.05, 3.63) is 29.3 Å². The summed E-state index contributed by atoms with van der Waals surface area (Å²) in [7, 11) is 1.74. The van der Waals surface area contributed by atoms with Gasteiger partial charge in [0.25, 0.3) is 0 Å². The minimum absolute atomic E-state index is 0.0972. The Bertz CT molecular complexity index is 690. The molecule has 1 aromatic rings. The zero-order valence-corrected chi connectivity index (χ0v) is 14.0. The van der Waals surface area contributed by atoms with Crippen LogP contribution in [0.4, 0.5) is 15.3 Å². The third-order valence-corrected chi connectivity index (χ3v) is 5.36. The number of piperidine rings is 1. The normalized spacial score (nSPS) is 25.8. The van der Waals surface area contributed by atoms with E-state index in [1.807, 2.05) is 12.1 Å². The first-order chi connectivity index (χ1) is 11.6. The van der Waals surface area contributed by atoms with E-state index in [4.69, 9.17) is 4.74 Å². The molecule has 128 valence electrons. The Kier molecular flexibility index (Phi) is 3.62. The molecule has 1 aromatic carbocycles. The highest BCUT2D eigenvalue weighted by Gasteiger charge is 2.47. The summed E-state index contributed by atoms with van der Waals surface area (Å²) in [5.74, 6) is 0. The molecule has 0 bridgehead atoms. The average molecular weight is 329 g/mol. The van der Waals surface area contributed by atoms with Crippen molar-refractivity contribution in [1.82, 2.24) is 9.80 Å². The van der Waals surface area contributed by atoms with Crippen molar-refractivity contribution in [2.75, 3.05) is 32.0 Å². The van der Waals surface area contributed by atoms with E-state index in [-0.39, 0.29) is 12.1 Å². The van der Waals surface area contributed by atoms with Crippen molar-refractivity contribution in [2.45, 2.75) is 37.7 Å². The van der Waals surface area contributed by atoms with Crippen molar-refractivity contribution >= 4 is 17.8 Å². The zero-order chi connectivity index (χ0) is 16.7. The van der Waals surface area contributed by atoms with Crippen LogP contribution >= 0.6 is 0 Å². The van der Waals surface area contributed by atoms with Crippen LogP contribution < -0.4 is 5.32 Å². The fraction of sp³-hybridized carbons (Fsp3) is 0.556. The van der Waals surface area contributed by atoms with E-state index in [1.54, 1.807) is 16.8 Å². The number of hydrogen-bond donors (Lipinski definition) is 1. The highest BCUT2D eigenvalue weighted by Crippen LogP contribution is 2.32. The second-order valence-corrected chi connectivity index (χ2v) is 7.16. The van der Waals surface area contributed by atoms with E-state index in [2.05, 4.69) is 11.4 Å². The number of rotatable bonds is 1. The molecular weight excluding hydrogens is 306 g/mol. The van der Waals surface area contributed by atoms with Crippen LogP contribution in [0.1, 0.15) is 30.4 Å². The van der Waals surface area contributed by atoms with Crippen molar-refractivity contribution < 1.29 is 14.3 Å². The maximum atomic E-state index is 12.7. The van der Waals surface area contributed by atoms with Gasteiger partial charge in [-0.25, -0.2) is 9.59 Å². The minimum atomic E-state index is -0.542. The van der Waals surface area contributed by atoms with E-state index in [0.717, 1.165) is 37.8 Å². The van der Waals surface area contributed by atoms with Crippen LogP contribution in [0.2, 0.25) is 0 Å². The summed E-state index contributed by atoms with van der Waals surface area (Å²) in [5, 5.41) is 3.07. The van der Waals surface area contributed by atoms with Crippen LogP contribution in [0.25, 0.3) is 0 Å². The molecule has 6 nitrogen and oxygen atoms in total. The predicted octanol–water partition coefficient (Wildman–Crippen LogP) is 2.62. The summed E-state index contributed by atoms with van der Waals surface area (Å²) in [4.78, 5) is 27.8. The molecule has 2 heterocycles. The molecule has 2 fully saturated rings. The maximum absolute atomic E-state index is 12.7. The standard InChI is InChI=1S/C18H23N3O3/c1-20-11-18(24-17(20)23)9-4-10-21(12-18)16(22)19-15-8-3-6-13-5-2-7-14(13)15/h3,6,8H,2,4-5,7,9-12H2,1H3,(H,19,22). The number of likely N-dealkylation sites (N-methyl/N-ethyl adjacent to an activating group) is 1. The Morgan fingerprint density at radius 2 is 2.12 bits per heavy atom. The molecule has 0 aromatic heterocycles. The predicted molar refractivity (Wildman–Crippen MR) is 90.1 cm³/mol. The zero-order valence-electron chi connectivity index (χ0n) is 14.0. The Morgan fingerprint density at radius 3 is 2.92 bits per heavy atom. The Balaban J connectivity index is 1.47. The van der Waals surface area contributed by atoms with Crippen LogP contribution in [0.15, 0.2) is 18.2 Å². The Labute approximate surface area is 141 Å². The quantitative estimate of drug-likeness (QED) is 0.861. The van der Waals surface area contributed by atoms with Crippen LogP contribution in [-0.4, -0.2) is 54.2 Å². The SMILES string of the molecule is CN1CC2(CCCN(C(=O)Nc3cccc4c3CCC4)C2)OC1=O. The number of nitrogens with zero attached hydrogens (tertiary/aromatic N) is 2. The third kappa shape index (κ3) is 2.60. The molecule has 0 saturated carbocycles. The van der Waals surface area contributed by atoms with Gasteiger partial charge >= 0.3 is 12.1 Å². The number of carbonyl (C=O) groups excluding carboxylic acids is 2. The van der Waals surface area contributed by atoms with E-state index in [0.29, 0.717) is 19.6 Å². The van der Waals surface area contributed by atoms with Gasteiger partial charge in [0.05, 0.1) is 13.1 Å². The van der Waals surface area contributed by atoms with Crippen molar-refractivity contribution in [3.63, 3.8) is 0 Å². The lowest BCUT2D eigenvalue weighted by Gasteiger charge is -2.38. The minimum Gasteiger partial charge on any atom is -0.439 e. The summed E-state index contributed by atoms with van der Waals surface area (Å²) in [6.45, 7) is 1.71. The molecule has 24 heavy (non-hydrogen) atoms. The number of aryl methyl sites for hydroxylation is 1. The van der Waals surface area contributed by atoms with Gasteiger partial charge in [-0.05, 0) is 49.3 Å². The summed E-state index contributed by atoms with van der Waals surface area (Å²) in [6, 6.07) is 6.03. The molecule has 4 rings (SSSR count). The van der Waals surface area contributed by atoms with E-state index >= 15 is 0 Å². The molecule has 1 aliphatic carbocycles. The molecule has 2 aliphatic heterocycles. The average Bonchev–Trinajstić information content (AvgIpc) is 3.13. The summed E-state index contributed by atoms with van der Waals surface area (Å²) in [5.41, 5.74) is 2.99. The number of likely N-dealkylation sites (tertiary alicyclic amines) is 1. The Morgan fingerprint density at radius 1 is 1.25 bits per heavy atom. The third-order valence-electron chi connectivity index (χ3n) is 5.36. The second-order valence-electron chi connectivity index (χ2n) is 7.16. The first-order valence-electron chi connectivity index (χ1n) is 8.67. The number of ether oxygens (including phenoxy) is 1. The molecule has 6 heteroatoms. The molecule has 1 spiro atoms. The number of anilines is 1. The van der Waals surface area contributed by atoms with E-state index < -0.39 is 5.60 Å². The van der Waals surface area contributed by atoms with Crippen LogP contribution in [0.3, 0.4) is 0 Å². The first kappa shape index (κ1) is 15.3. The molecule has 1 unspecified atom stereocenters. The first-order valence-corrected chi connectivity index (χ1v) is 8.67. The Hall–Kier alpha value is -2.24. The highest BCUT2D eigenvalue weighted by atomic mass is 16.6. The maximum Gasteiger partial charge on any atom is 0.410 e. The van der Waals surface area contributed by atoms with Gasteiger partial charge in [-0.15, -0.1) is 0 Å². The topological polar surface area (TPSA) is 61.9 Å². The van der Waals surface area contributed by atoms with Gasteiger partial charge in [0.1, 0.15) is 5.60 Å². The highest BCUT2D eigenvalue weighted by molar-refractivity contribution is 5.90. The van der Waals surface area contributed by atoms with Crippen molar-refractivity contribution in [3.8, 4) is 0 Å². The number of fused-ring (bicyclic) bond motifs is 1. The van der Waals surface area contributed by atoms with Gasteiger partial charge < -0.3 is 19.9 Å². The monoisotopic (exact) mass is 329 g/mol. The van der Waals surface area contributed by atoms with E-state index in [1.165, 1.54) is 11.1 Å². The second kappa shape index (κ2) is 5.69. The lowest BCUT2D eigenvalue weighted by Crippen LogP contribution is -2.53. The molecule has 1 atom stereocenters. The lowest BCUT2D eigenvalue weighted by atomic mass is 9.93. The van der Waals surface area contributed by atoms with E-state index in [9.17, 15) is 9.59 Å². The fourth-order valence-electron chi connectivity index (χ4n) is 4.21. The number of urea groups is 1. The fourth-order valence-corrected chi connectivity index (χ4v) is 4.21. The summed E-state index contributed by atoms with van der Waals surface area (Å²) < 4.78 is 5.57. The van der Waals surface area contributed by atoms with Gasteiger partial charge in [0, 0.05) is 19.3 Å². The van der Waals surface area contributed by atoms with Gasteiger partial charge in [-0.1, -0.05) is 12.1 Å². The largest absolute Gasteiger partial charge is 0.439 e. The molecule has 0 radical (unpaired) electrons. The molecule has 2 saturated heterocycles. The van der Waals surface area contributed by atoms with Gasteiger partial charge in [0.2, 0.25) is 0 Å². The van der Waals surface area contributed by atoms with Gasteiger partial charge in [0.15, 0.2) is 0 Å². The van der Waals surface area contributed by atoms with Crippen LogP contribution in [0, 0.1) is 0 Å². The van der Waals surface area contributed by atoms with Crippen molar-refractivity contribution in [2.24, 2.45) is 0 Å². The van der Waals surface area contributed by atoms with Gasteiger partial charge in [-0.3, -0.25) is 0 Å². The van der Waals surface area contributed by atoms with Gasteiger partial charge in [-0.2, -0.15) is 0 Å². The molecule has 1 N–H and O–H groups in total. The molecule has 3 amide bonds. The number of benzene rings is 1. The lowest BCUT2D eigenvalue weighted by molar-refractivity contribution is 0.00497. The number of nitrogens with one attached hydrogen (secondary N) is 1. The number of amides is 3. The molecule has 3 aliphatic rings. The number of carbonyl (C=O) groups is 2. The smallest absolute Gasteiger partial charge is 0.410 e. The van der Waals surface area contributed by atoms with Crippen molar-refractivity contribution in [1.29, 1.82) is 0 Å². The van der Waals surface area contributed by atoms with Crippen LogP contribution in [-0.2, 0) is 17.6 Å².